The van der Waals surface area contributed by atoms with Crippen LogP contribution < -0.4 is 5.32 Å². The van der Waals surface area contributed by atoms with Gasteiger partial charge in [-0.25, -0.2) is 4.39 Å². The van der Waals surface area contributed by atoms with E-state index in [1.54, 1.807) is 12.1 Å². The molecular weight excluding hydrogens is 317 g/mol. The van der Waals surface area contributed by atoms with Gasteiger partial charge in [0.25, 0.3) is 0 Å². The number of benzene rings is 1. The van der Waals surface area contributed by atoms with Gasteiger partial charge >= 0.3 is 0 Å². The third kappa shape index (κ3) is 5.53. The Balaban J connectivity index is 2.84. The molecule has 0 fully saturated rings. The molecule has 1 nitrogen and oxygen atoms in total. The van der Waals surface area contributed by atoms with Gasteiger partial charge in [-0.2, -0.15) is 0 Å². The molecule has 0 heterocycles. The molecule has 0 spiro atoms. The molecule has 0 bridgehead atoms. The molecule has 0 aliphatic carbocycles. The molecule has 0 aliphatic heterocycles. The number of rotatable bonds is 9. The maximum atomic E-state index is 14.1. The lowest BCUT2D eigenvalue weighted by molar-refractivity contribution is 0.351. The van der Waals surface area contributed by atoms with Crippen LogP contribution in [0.5, 0.6) is 0 Å². The van der Waals surface area contributed by atoms with Crippen molar-refractivity contribution >= 4 is 15.9 Å². The Morgan fingerprint density at radius 2 is 2.00 bits per heavy atom. The van der Waals surface area contributed by atoms with Gasteiger partial charge < -0.3 is 5.32 Å². The molecule has 0 saturated heterocycles. The first-order valence-corrected chi connectivity index (χ1v) is 8.59. The summed E-state index contributed by atoms with van der Waals surface area (Å²) in [5.41, 5.74) is 0.788. The first-order chi connectivity index (χ1) is 9.62. The second kappa shape index (κ2) is 9.51. The summed E-state index contributed by atoms with van der Waals surface area (Å²) >= 11 is 3.45. The van der Waals surface area contributed by atoms with Crippen LogP contribution >= 0.6 is 15.9 Å². The van der Waals surface area contributed by atoms with Crippen LogP contribution in [0.4, 0.5) is 4.39 Å². The second-order valence-corrected chi connectivity index (χ2v) is 6.34. The fraction of sp³-hybridized carbons (Fsp3) is 0.647. The van der Waals surface area contributed by atoms with E-state index < -0.39 is 0 Å². The van der Waals surface area contributed by atoms with Crippen LogP contribution in [-0.4, -0.2) is 6.54 Å². The van der Waals surface area contributed by atoms with Gasteiger partial charge in [-0.05, 0) is 37.1 Å². The van der Waals surface area contributed by atoms with Gasteiger partial charge in [0.05, 0.1) is 0 Å². The molecule has 3 heteroatoms. The highest BCUT2D eigenvalue weighted by molar-refractivity contribution is 9.10. The lowest BCUT2D eigenvalue weighted by Crippen LogP contribution is -2.24. The highest BCUT2D eigenvalue weighted by Gasteiger charge is 2.19. The molecule has 1 rings (SSSR count). The molecule has 0 amide bonds. The van der Waals surface area contributed by atoms with Crippen LogP contribution in [0.2, 0.25) is 0 Å². The molecule has 1 aromatic rings. The van der Waals surface area contributed by atoms with Gasteiger partial charge in [0, 0.05) is 16.1 Å². The fourth-order valence-electron chi connectivity index (χ4n) is 2.66. The minimum Gasteiger partial charge on any atom is -0.310 e. The van der Waals surface area contributed by atoms with E-state index in [0.29, 0.717) is 5.92 Å². The zero-order valence-corrected chi connectivity index (χ0v) is 14.5. The SMILES string of the molecule is CCCCC(CC)CC(NCC)c1cc(Br)ccc1F. The summed E-state index contributed by atoms with van der Waals surface area (Å²) in [7, 11) is 0. The Kier molecular flexibility index (Phi) is 8.39. The van der Waals surface area contributed by atoms with Crippen LogP contribution in [0.1, 0.15) is 64.5 Å². The Bertz CT molecular complexity index is 395. The summed E-state index contributed by atoms with van der Waals surface area (Å²) in [4.78, 5) is 0. The molecule has 2 atom stereocenters. The Morgan fingerprint density at radius 3 is 2.60 bits per heavy atom. The Labute approximate surface area is 131 Å². The van der Waals surface area contributed by atoms with Gasteiger partial charge in [-0.1, -0.05) is 62.4 Å². The average Bonchev–Trinajstić information content (AvgIpc) is 2.45. The molecule has 1 N–H and O–H groups in total. The topological polar surface area (TPSA) is 12.0 Å². The normalized spacial score (nSPS) is 14.2. The van der Waals surface area contributed by atoms with Crippen molar-refractivity contribution in [2.24, 2.45) is 5.92 Å². The van der Waals surface area contributed by atoms with Crippen molar-refractivity contribution < 1.29 is 4.39 Å². The summed E-state index contributed by atoms with van der Waals surface area (Å²) in [6.45, 7) is 7.40. The second-order valence-electron chi connectivity index (χ2n) is 5.43. The monoisotopic (exact) mass is 343 g/mol. The standard InChI is InChI=1S/C17H27BrFN/c1-4-7-8-13(5-2)11-17(20-6-3)15-12-14(18)9-10-16(15)19/h9-10,12-13,17,20H,4-8,11H2,1-3H3. The van der Waals surface area contributed by atoms with E-state index in [1.807, 2.05) is 6.07 Å². The van der Waals surface area contributed by atoms with Crippen LogP contribution in [0.3, 0.4) is 0 Å². The average molecular weight is 344 g/mol. The molecule has 0 aliphatic rings. The molecule has 0 radical (unpaired) electrons. The van der Waals surface area contributed by atoms with Gasteiger partial charge in [0.1, 0.15) is 5.82 Å². The Hall–Kier alpha value is -0.410. The molecular formula is C17H27BrFN. The maximum absolute atomic E-state index is 14.1. The minimum absolute atomic E-state index is 0.107. The van der Waals surface area contributed by atoms with Crippen molar-refractivity contribution in [3.63, 3.8) is 0 Å². The highest BCUT2D eigenvalue weighted by Crippen LogP contribution is 2.29. The molecule has 1 aromatic carbocycles. The predicted molar refractivity (Wildman–Crippen MR) is 88.4 cm³/mol. The molecule has 0 saturated carbocycles. The lowest BCUT2D eigenvalue weighted by Gasteiger charge is -2.24. The lowest BCUT2D eigenvalue weighted by atomic mass is 9.89. The van der Waals surface area contributed by atoms with Gasteiger partial charge in [-0.3, -0.25) is 0 Å². The van der Waals surface area contributed by atoms with E-state index in [1.165, 1.54) is 19.3 Å². The zero-order valence-electron chi connectivity index (χ0n) is 12.9. The van der Waals surface area contributed by atoms with Crippen molar-refractivity contribution in [2.75, 3.05) is 6.54 Å². The van der Waals surface area contributed by atoms with E-state index in [-0.39, 0.29) is 11.9 Å². The predicted octanol–water partition coefficient (Wildman–Crippen LogP) is 5.85. The first-order valence-electron chi connectivity index (χ1n) is 7.80. The summed E-state index contributed by atoms with van der Waals surface area (Å²) in [6, 6.07) is 5.33. The van der Waals surface area contributed by atoms with Gasteiger partial charge in [0.15, 0.2) is 0 Å². The van der Waals surface area contributed by atoms with Crippen molar-refractivity contribution in [1.82, 2.24) is 5.32 Å². The summed E-state index contributed by atoms with van der Waals surface area (Å²) in [5.74, 6) is 0.557. The quantitative estimate of drug-likeness (QED) is 0.593. The number of hydrogen-bond donors (Lipinski definition) is 1. The number of nitrogens with one attached hydrogen (secondary N) is 1. The summed E-state index contributed by atoms with van der Waals surface area (Å²) in [6.07, 6.45) is 5.91. The number of hydrogen-bond acceptors (Lipinski definition) is 1. The van der Waals surface area contributed by atoms with E-state index in [9.17, 15) is 4.39 Å². The molecule has 2 unspecified atom stereocenters. The maximum Gasteiger partial charge on any atom is 0.128 e. The van der Waals surface area contributed by atoms with Gasteiger partial charge in [0.2, 0.25) is 0 Å². The van der Waals surface area contributed by atoms with Crippen LogP contribution in [0, 0.1) is 11.7 Å². The summed E-state index contributed by atoms with van der Waals surface area (Å²) < 4.78 is 15.0. The third-order valence-electron chi connectivity index (χ3n) is 3.90. The largest absolute Gasteiger partial charge is 0.310 e. The van der Waals surface area contributed by atoms with Crippen molar-refractivity contribution in [1.29, 1.82) is 0 Å². The van der Waals surface area contributed by atoms with Crippen LogP contribution in [-0.2, 0) is 0 Å². The molecule has 114 valence electrons. The highest BCUT2D eigenvalue weighted by atomic mass is 79.9. The minimum atomic E-state index is -0.107. The van der Waals surface area contributed by atoms with E-state index in [2.05, 4.69) is 42.0 Å². The van der Waals surface area contributed by atoms with Gasteiger partial charge in [-0.15, -0.1) is 0 Å². The number of unbranched alkanes of at least 4 members (excludes halogenated alkanes) is 1. The molecule has 0 aromatic heterocycles. The van der Waals surface area contributed by atoms with Crippen LogP contribution in [0.15, 0.2) is 22.7 Å². The van der Waals surface area contributed by atoms with E-state index in [0.717, 1.165) is 29.4 Å². The van der Waals surface area contributed by atoms with E-state index >= 15 is 0 Å². The zero-order chi connectivity index (χ0) is 15.0. The third-order valence-corrected chi connectivity index (χ3v) is 4.39. The van der Waals surface area contributed by atoms with Crippen LogP contribution in [0.25, 0.3) is 0 Å². The van der Waals surface area contributed by atoms with Crippen molar-refractivity contribution in [3.05, 3.63) is 34.1 Å². The van der Waals surface area contributed by atoms with Crippen molar-refractivity contribution in [2.45, 2.75) is 58.9 Å². The van der Waals surface area contributed by atoms with Crippen molar-refractivity contribution in [3.8, 4) is 0 Å². The smallest absolute Gasteiger partial charge is 0.128 e. The first kappa shape index (κ1) is 17.6. The fourth-order valence-corrected chi connectivity index (χ4v) is 3.04. The molecule has 20 heavy (non-hydrogen) atoms. The number of halogens is 2. The Morgan fingerprint density at radius 1 is 1.25 bits per heavy atom. The summed E-state index contributed by atoms with van der Waals surface area (Å²) in [5, 5.41) is 3.45. The van der Waals surface area contributed by atoms with E-state index in [4.69, 9.17) is 0 Å².